The topological polar surface area (TPSA) is 103 Å². The van der Waals surface area contributed by atoms with E-state index in [1.165, 1.54) is 16.8 Å². The summed E-state index contributed by atoms with van der Waals surface area (Å²) in [7, 11) is 1.55. The Morgan fingerprint density at radius 1 is 1.44 bits per heavy atom. The predicted octanol–water partition coefficient (Wildman–Crippen LogP) is 0.601. The van der Waals surface area contributed by atoms with Crippen LogP contribution in [0, 0.1) is 6.92 Å². The van der Waals surface area contributed by atoms with Gasteiger partial charge in [0.2, 0.25) is 5.89 Å². The van der Waals surface area contributed by atoms with Gasteiger partial charge in [-0.2, -0.15) is 10.1 Å². The molecule has 3 rings (SSSR count). The lowest BCUT2D eigenvalue weighted by Crippen LogP contribution is -2.40. The van der Waals surface area contributed by atoms with Crippen LogP contribution >= 0.6 is 0 Å². The van der Waals surface area contributed by atoms with Crippen LogP contribution in [0.4, 0.5) is 0 Å². The second-order valence-electron chi connectivity index (χ2n) is 6.04. The van der Waals surface area contributed by atoms with Crippen molar-refractivity contribution in [3.8, 4) is 0 Å². The van der Waals surface area contributed by atoms with Crippen LogP contribution in [0.1, 0.15) is 41.0 Å². The van der Waals surface area contributed by atoms with Crippen molar-refractivity contribution in [1.29, 1.82) is 0 Å². The van der Waals surface area contributed by atoms with Crippen molar-refractivity contribution in [2.45, 2.75) is 32.2 Å². The zero-order valence-corrected chi connectivity index (χ0v) is 14.3. The molecule has 0 N–H and O–H groups in total. The Hall–Kier alpha value is -2.55. The molecule has 9 nitrogen and oxygen atoms in total. The van der Waals surface area contributed by atoms with Crippen molar-refractivity contribution in [2.75, 3.05) is 26.8 Å². The monoisotopic (exact) mass is 347 g/mol. The molecule has 0 radical (unpaired) electrons. The third-order valence-corrected chi connectivity index (χ3v) is 4.19. The number of likely N-dealkylation sites (tertiary alicyclic amines) is 1. The van der Waals surface area contributed by atoms with Crippen molar-refractivity contribution in [2.24, 2.45) is 0 Å². The largest absolute Gasteiger partial charge is 0.383 e. The molecule has 0 unspecified atom stereocenters. The fourth-order valence-electron chi connectivity index (χ4n) is 2.91. The van der Waals surface area contributed by atoms with Gasteiger partial charge in [0.15, 0.2) is 5.82 Å². The van der Waals surface area contributed by atoms with Crippen LogP contribution in [0.25, 0.3) is 0 Å². The van der Waals surface area contributed by atoms with Crippen LogP contribution in [0.3, 0.4) is 0 Å². The molecule has 0 saturated carbocycles. The summed E-state index contributed by atoms with van der Waals surface area (Å²) in [6.45, 7) is 3.57. The summed E-state index contributed by atoms with van der Waals surface area (Å²) in [5, 5.41) is 7.99. The maximum atomic E-state index is 12.8. The molecule has 134 valence electrons. The van der Waals surface area contributed by atoms with Crippen LogP contribution < -0.4 is 5.56 Å². The predicted molar refractivity (Wildman–Crippen MR) is 87.3 cm³/mol. The van der Waals surface area contributed by atoms with E-state index in [2.05, 4.69) is 15.2 Å². The van der Waals surface area contributed by atoms with Crippen LogP contribution in [-0.4, -0.2) is 57.5 Å². The van der Waals surface area contributed by atoms with E-state index in [1.807, 2.05) is 0 Å². The van der Waals surface area contributed by atoms with Crippen molar-refractivity contribution in [3.05, 3.63) is 39.9 Å². The highest BCUT2D eigenvalue weighted by atomic mass is 16.5. The van der Waals surface area contributed by atoms with E-state index in [4.69, 9.17) is 9.26 Å². The summed E-state index contributed by atoms with van der Waals surface area (Å²) in [4.78, 5) is 30.6. The first-order valence-corrected chi connectivity index (χ1v) is 8.25. The summed E-state index contributed by atoms with van der Waals surface area (Å²) in [5.41, 5.74) is -0.00971. The molecule has 1 amide bonds. The number of carbonyl (C=O) groups is 1. The first-order valence-electron chi connectivity index (χ1n) is 8.25. The number of nitrogens with zero attached hydrogens (tertiary/aromatic N) is 5. The summed E-state index contributed by atoms with van der Waals surface area (Å²) in [6.07, 6.45) is 1.74. The third-order valence-electron chi connectivity index (χ3n) is 4.19. The van der Waals surface area contributed by atoms with Gasteiger partial charge in [0.1, 0.15) is 5.69 Å². The van der Waals surface area contributed by atoms with Gasteiger partial charge in [-0.15, -0.1) is 0 Å². The van der Waals surface area contributed by atoms with Gasteiger partial charge in [-0.05, 0) is 25.8 Å². The van der Waals surface area contributed by atoms with Gasteiger partial charge in [0.05, 0.1) is 19.1 Å². The van der Waals surface area contributed by atoms with Gasteiger partial charge >= 0.3 is 0 Å². The molecule has 3 heterocycles. The molecule has 9 heteroatoms. The zero-order valence-electron chi connectivity index (χ0n) is 14.3. The molecule has 0 spiro atoms. The summed E-state index contributed by atoms with van der Waals surface area (Å²) >= 11 is 0. The van der Waals surface area contributed by atoms with E-state index in [9.17, 15) is 9.59 Å². The SMILES string of the molecule is COCCn1nc(C(=O)N2CCC[C@@H](c3nc(C)no3)C2)ccc1=O. The van der Waals surface area contributed by atoms with E-state index in [0.717, 1.165) is 12.8 Å². The lowest BCUT2D eigenvalue weighted by Gasteiger charge is -2.30. The first-order chi connectivity index (χ1) is 12.1. The van der Waals surface area contributed by atoms with Crippen LogP contribution in [0.15, 0.2) is 21.5 Å². The van der Waals surface area contributed by atoms with E-state index in [1.54, 1.807) is 18.9 Å². The standard InChI is InChI=1S/C16H21N5O4/c1-11-17-15(25-19-11)12-4-3-7-20(10-12)16(23)13-5-6-14(22)21(18-13)8-9-24-2/h5-6,12H,3-4,7-10H2,1-2H3/t12-/m1/s1. The van der Waals surface area contributed by atoms with Gasteiger partial charge in [0, 0.05) is 26.3 Å². The van der Waals surface area contributed by atoms with Gasteiger partial charge in [-0.25, -0.2) is 4.68 Å². The number of piperidine rings is 1. The number of hydrogen-bond donors (Lipinski definition) is 0. The fourth-order valence-corrected chi connectivity index (χ4v) is 2.91. The maximum Gasteiger partial charge on any atom is 0.274 e. The minimum atomic E-state index is -0.258. The molecule has 1 fully saturated rings. The van der Waals surface area contributed by atoms with Crippen molar-refractivity contribution in [1.82, 2.24) is 24.8 Å². The van der Waals surface area contributed by atoms with Gasteiger partial charge in [0.25, 0.3) is 11.5 Å². The fraction of sp³-hybridized carbons (Fsp3) is 0.562. The highest BCUT2D eigenvalue weighted by Crippen LogP contribution is 2.26. The van der Waals surface area contributed by atoms with Gasteiger partial charge < -0.3 is 14.2 Å². The molecule has 0 bridgehead atoms. The third kappa shape index (κ3) is 3.93. The molecule has 0 aromatic carbocycles. The van der Waals surface area contributed by atoms with E-state index >= 15 is 0 Å². The molecule has 2 aromatic rings. The molecular weight excluding hydrogens is 326 g/mol. The molecule has 1 atom stereocenters. The Morgan fingerprint density at radius 2 is 2.28 bits per heavy atom. The average molecular weight is 347 g/mol. The summed E-state index contributed by atoms with van der Waals surface area (Å²) in [5.74, 6) is 0.976. The Kier molecular flexibility index (Phi) is 5.22. The second kappa shape index (κ2) is 7.56. The summed E-state index contributed by atoms with van der Waals surface area (Å²) < 4.78 is 11.5. The quantitative estimate of drug-likeness (QED) is 0.780. The lowest BCUT2D eigenvalue weighted by atomic mass is 9.97. The van der Waals surface area contributed by atoms with Gasteiger partial charge in [-0.3, -0.25) is 9.59 Å². The average Bonchev–Trinajstić information content (AvgIpc) is 3.07. The number of rotatable bonds is 5. The molecule has 0 aliphatic carbocycles. The lowest BCUT2D eigenvalue weighted by molar-refractivity contribution is 0.0686. The number of methoxy groups -OCH3 is 1. The Morgan fingerprint density at radius 3 is 3.00 bits per heavy atom. The molecule has 1 aliphatic rings. The number of amides is 1. The molecule has 1 aliphatic heterocycles. The van der Waals surface area contributed by atoms with Crippen molar-refractivity contribution >= 4 is 5.91 Å². The highest BCUT2D eigenvalue weighted by molar-refractivity contribution is 5.92. The minimum absolute atomic E-state index is 0.0262. The van der Waals surface area contributed by atoms with E-state index in [-0.39, 0.29) is 23.1 Å². The van der Waals surface area contributed by atoms with E-state index < -0.39 is 0 Å². The molecular formula is C16H21N5O4. The first kappa shape index (κ1) is 17.3. The Labute approximate surface area is 144 Å². The number of aromatic nitrogens is 4. The number of hydrogen-bond acceptors (Lipinski definition) is 7. The normalized spacial score (nSPS) is 17.7. The van der Waals surface area contributed by atoms with Crippen LogP contribution in [-0.2, 0) is 11.3 Å². The second-order valence-corrected chi connectivity index (χ2v) is 6.04. The number of ether oxygens (including phenoxy) is 1. The van der Waals surface area contributed by atoms with Gasteiger partial charge in [-0.1, -0.05) is 5.16 Å². The molecule has 1 saturated heterocycles. The minimum Gasteiger partial charge on any atom is -0.383 e. The molecule has 2 aromatic heterocycles. The van der Waals surface area contributed by atoms with E-state index in [0.29, 0.717) is 38.0 Å². The summed E-state index contributed by atoms with van der Waals surface area (Å²) in [6, 6.07) is 2.83. The Bertz CT molecular complexity index is 800. The highest BCUT2D eigenvalue weighted by Gasteiger charge is 2.29. The van der Waals surface area contributed by atoms with Crippen LogP contribution in [0.2, 0.25) is 0 Å². The van der Waals surface area contributed by atoms with Crippen molar-refractivity contribution < 1.29 is 14.1 Å². The smallest absolute Gasteiger partial charge is 0.274 e. The van der Waals surface area contributed by atoms with Crippen molar-refractivity contribution in [3.63, 3.8) is 0 Å². The maximum absolute atomic E-state index is 12.8. The number of carbonyl (C=O) groups excluding carboxylic acids is 1. The number of aryl methyl sites for hydroxylation is 1. The molecule has 25 heavy (non-hydrogen) atoms. The van der Waals surface area contributed by atoms with Crippen LogP contribution in [0.5, 0.6) is 0 Å². The Balaban J connectivity index is 1.75. The zero-order chi connectivity index (χ0) is 17.8.